The van der Waals surface area contributed by atoms with Gasteiger partial charge in [-0.3, -0.25) is 19.2 Å². The fourth-order valence-corrected chi connectivity index (χ4v) is 9.73. The molecule has 3 fully saturated rings. The van der Waals surface area contributed by atoms with Gasteiger partial charge >= 0.3 is 12.1 Å². The molecule has 3 aliphatic rings. The number of methoxy groups -OCH3 is 1. The van der Waals surface area contributed by atoms with E-state index in [0.717, 1.165) is 11.3 Å². The fourth-order valence-electron chi connectivity index (χ4n) is 9.73. The Bertz CT molecular complexity index is 1850. The number of amides is 1. The predicted octanol–water partition coefficient (Wildman–Crippen LogP) is 4.47. The Morgan fingerprint density at radius 2 is 1.86 bits per heavy atom. The number of ether oxygens (including phenoxy) is 6. The van der Waals surface area contributed by atoms with Gasteiger partial charge in [0.05, 0.1) is 43.3 Å². The number of fused-ring (bicyclic) bond motifs is 1. The van der Waals surface area contributed by atoms with Gasteiger partial charge < -0.3 is 49.5 Å². The van der Waals surface area contributed by atoms with E-state index >= 15 is 0 Å². The van der Waals surface area contributed by atoms with Gasteiger partial charge in [0, 0.05) is 49.5 Å². The van der Waals surface area contributed by atoms with Crippen molar-refractivity contribution in [2.75, 3.05) is 53.2 Å². The molecule has 0 saturated carbocycles. The first-order valence-electron chi connectivity index (χ1n) is 22.5. The maximum absolute atomic E-state index is 14.5. The third-order valence-corrected chi connectivity index (χ3v) is 13.2. The first-order chi connectivity index (χ1) is 29.9. The van der Waals surface area contributed by atoms with Crippen LogP contribution in [0.5, 0.6) is 0 Å². The third kappa shape index (κ3) is 11.7. The number of carbonyl (C=O) groups is 3. The molecule has 63 heavy (non-hydrogen) atoms. The Morgan fingerprint density at radius 1 is 1.13 bits per heavy atom. The minimum atomic E-state index is -1.25. The minimum absolute atomic E-state index is 0.0439. The molecule has 0 spiro atoms. The number of hydrogen-bond acceptors (Lipinski definition) is 15. The van der Waals surface area contributed by atoms with Crippen LogP contribution in [-0.4, -0.2) is 155 Å². The van der Waals surface area contributed by atoms with Crippen LogP contribution in [0.25, 0.3) is 11.3 Å². The van der Waals surface area contributed by atoms with E-state index < -0.39 is 77.6 Å². The molecule has 1 aromatic heterocycles. The number of likely N-dealkylation sites (N-methyl/N-ethyl adjacent to an activating group) is 1. The summed E-state index contributed by atoms with van der Waals surface area (Å²) in [6.45, 7) is 18.7. The number of nitrogens with zero attached hydrogens (tertiary/aromatic N) is 5. The number of carbonyl (C=O) groups excluding carboxylic acids is 3. The topological polar surface area (TPSA) is 202 Å². The summed E-state index contributed by atoms with van der Waals surface area (Å²) < 4.78 is 39.4. The van der Waals surface area contributed by atoms with Crippen LogP contribution in [0.4, 0.5) is 10.5 Å². The standard InChI is InChI=1S/C46H73N7O10/c1-12-21-59-27-34-23-36(51(9)10)39(55)43(60-34)62-41-29(4)38(54)30(5)42(56)61-37(13-2)46(8)40(31(6)48-25-28(3)24-45(41,7)58-11)53(44(57)63-46)20-15-14-19-52-26-35(49-50-52)32-17-16-18-33(47)22-32/h12,16-18,22,26,28-31,34,36-37,39-41,43,48,55H,1,13-15,19-21,23-25,27,47H2,2-11H3/t28-,29+,30-,31-,34?,36?,37-,39?,40-,41-,43+,45-,46-/m1/s1. The normalized spacial score (nSPS) is 34.8. The van der Waals surface area contributed by atoms with E-state index in [9.17, 15) is 19.5 Å². The SMILES string of the molecule is C=CCOCC1CC(N(C)C)C(O)[C@H](O[C@@H]2[C@@H](C)C(=O)[C@@H](C)C(=O)O[C@H](CC)[C@@]3(C)OC(=O)N(CCCCn4cc(-c5cccc(N)c5)nn4)[C@@H]3[C@@H](C)NC[C@H](C)C[C@@]2(C)OC)O1. The van der Waals surface area contributed by atoms with Crippen molar-refractivity contribution in [3.05, 3.63) is 43.1 Å². The zero-order valence-corrected chi connectivity index (χ0v) is 39.0. The van der Waals surface area contributed by atoms with Gasteiger partial charge in [-0.05, 0) is 98.5 Å². The lowest BCUT2D eigenvalue weighted by atomic mass is 9.78. The predicted molar refractivity (Wildman–Crippen MR) is 237 cm³/mol. The summed E-state index contributed by atoms with van der Waals surface area (Å²) in [5.74, 6) is -3.31. The molecule has 3 saturated heterocycles. The highest BCUT2D eigenvalue weighted by Gasteiger charge is 2.58. The number of Topliss-reactive ketones (excluding diaryl/α,β-unsaturated/α-hetero) is 1. The summed E-state index contributed by atoms with van der Waals surface area (Å²) in [7, 11) is 5.34. The second kappa shape index (κ2) is 21.8. The zero-order valence-electron chi connectivity index (χ0n) is 39.0. The average Bonchev–Trinajstić information content (AvgIpc) is 3.83. The number of esters is 1. The van der Waals surface area contributed by atoms with Crippen LogP contribution in [-0.2, 0) is 44.6 Å². The molecule has 2 aromatic rings. The molecule has 0 aliphatic carbocycles. The second-order valence-electron chi connectivity index (χ2n) is 18.4. The summed E-state index contributed by atoms with van der Waals surface area (Å²) in [5, 5.41) is 24.0. The summed E-state index contributed by atoms with van der Waals surface area (Å²) in [4.78, 5) is 46.2. The number of hydrogen-bond donors (Lipinski definition) is 3. The Kier molecular flexibility index (Phi) is 17.3. The number of aliphatic hydroxyl groups is 1. The lowest BCUT2D eigenvalue weighted by Gasteiger charge is -2.47. The number of ketones is 1. The average molecular weight is 884 g/mol. The van der Waals surface area contributed by atoms with Gasteiger partial charge in [0.15, 0.2) is 17.7 Å². The number of unbranched alkanes of at least 4 members (excludes halogenated alkanes) is 1. The molecule has 0 bridgehead atoms. The number of benzene rings is 1. The van der Waals surface area contributed by atoms with Crippen molar-refractivity contribution in [2.45, 2.75) is 147 Å². The number of aryl methyl sites for hydroxylation is 1. The molecular weight excluding hydrogens is 811 g/mol. The molecule has 1 amide bonds. The number of cyclic esters (lactones) is 1. The highest BCUT2D eigenvalue weighted by Crippen LogP contribution is 2.40. The molecule has 17 heteroatoms. The lowest BCUT2D eigenvalue weighted by molar-refractivity contribution is -0.301. The van der Waals surface area contributed by atoms with Crippen LogP contribution < -0.4 is 11.1 Å². The molecule has 17 nitrogen and oxygen atoms in total. The summed E-state index contributed by atoms with van der Waals surface area (Å²) in [5.41, 5.74) is 5.88. The first-order valence-corrected chi connectivity index (χ1v) is 22.5. The quantitative estimate of drug-likeness (QED) is 0.0743. The Balaban J connectivity index is 1.38. The molecular formula is C46H73N7O10. The van der Waals surface area contributed by atoms with Crippen LogP contribution >= 0.6 is 0 Å². The number of aromatic nitrogens is 3. The Labute approximate surface area is 373 Å². The van der Waals surface area contributed by atoms with Crippen molar-refractivity contribution in [3.8, 4) is 11.3 Å². The van der Waals surface area contributed by atoms with Crippen LogP contribution in [0.2, 0.25) is 0 Å². The molecule has 5 rings (SSSR count). The maximum atomic E-state index is 14.5. The molecule has 0 radical (unpaired) electrons. The zero-order chi connectivity index (χ0) is 46.2. The van der Waals surface area contributed by atoms with Crippen molar-refractivity contribution >= 4 is 23.5 Å². The smallest absolute Gasteiger partial charge is 0.410 e. The van der Waals surface area contributed by atoms with E-state index in [1.54, 1.807) is 29.7 Å². The number of nitrogen functional groups attached to an aromatic ring is 1. The van der Waals surface area contributed by atoms with Crippen LogP contribution in [0.15, 0.2) is 43.1 Å². The molecule has 4 heterocycles. The Morgan fingerprint density at radius 3 is 2.52 bits per heavy atom. The number of aliphatic hydroxyl groups excluding tert-OH is 1. The van der Waals surface area contributed by atoms with E-state index in [1.165, 1.54) is 6.92 Å². The fraction of sp³-hybridized carbons (Fsp3) is 0.717. The van der Waals surface area contributed by atoms with Crippen LogP contribution in [0.3, 0.4) is 0 Å². The summed E-state index contributed by atoms with van der Waals surface area (Å²) in [6.07, 6.45) is 1.21. The van der Waals surface area contributed by atoms with Crippen molar-refractivity contribution in [1.82, 2.24) is 30.1 Å². The summed E-state index contributed by atoms with van der Waals surface area (Å²) >= 11 is 0. The van der Waals surface area contributed by atoms with Crippen LogP contribution in [0, 0.1) is 17.8 Å². The molecule has 3 unspecified atom stereocenters. The van der Waals surface area contributed by atoms with Gasteiger partial charge in [-0.1, -0.05) is 44.2 Å². The van der Waals surface area contributed by atoms with Crippen LogP contribution in [0.1, 0.15) is 80.6 Å². The number of nitrogens with one attached hydrogen (secondary N) is 1. The minimum Gasteiger partial charge on any atom is -0.458 e. The molecule has 3 aliphatic heterocycles. The second-order valence-corrected chi connectivity index (χ2v) is 18.4. The van der Waals surface area contributed by atoms with Gasteiger partial charge in [-0.15, -0.1) is 11.7 Å². The van der Waals surface area contributed by atoms with Gasteiger partial charge in [0.2, 0.25) is 0 Å². The molecule has 352 valence electrons. The van der Waals surface area contributed by atoms with E-state index in [0.29, 0.717) is 64.0 Å². The molecule has 1 aromatic carbocycles. The van der Waals surface area contributed by atoms with Gasteiger partial charge in [-0.2, -0.15) is 0 Å². The Hall–Kier alpha value is -3.97. The van der Waals surface area contributed by atoms with Gasteiger partial charge in [0.25, 0.3) is 0 Å². The maximum Gasteiger partial charge on any atom is 0.410 e. The van der Waals surface area contributed by atoms with E-state index in [2.05, 4.69) is 29.1 Å². The van der Waals surface area contributed by atoms with Crippen molar-refractivity contribution < 1.29 is 47.9 Å². The van der Waals surface area contributed by atoms with E-state index in [4.69, 9.17) is 34.2 Å². The number of nitrogens with two attached hydrogens (primary N) is 1. The molecule has 4 N–H and O–H groups in total. The van der Waals surface area contributed by atoms with Gasteiger partial charge in [0.1, 0.15) is 23.8 Å². The number of rotatable bonds is 15. The van der Waals surface area contributed by atoms with Crippen molar-refractivity contribution in [2.24, 2.45) is 17.8 Å². The van der Waals surface area contributed by atoms with E-state index in [-0.39, 0.29) is 24.6 Å². The number of anilines is 1. The van der Waals surface area contributed by atoms with E-state index in [1.807, 2.05) is 77.2 Å². The lowest BCUT2D eigenvalue weighted by Crippen LogP contribution is -2.61. The largest absolute Gasteiger partial charge is 0.458 e. The van der Waals surface area contributed by atoms with Crippen molar-refractivity contribution in [1.29, 1.82) is 0 Å². The monoisotopic (exact) mass is 884 g/mol. The highest BCUT2D eigenvalue weighted by atomic mass is 16.7. The van der Waals surface area contributed by atoms with Crippen molar-refractivity contribution in [3.63, 3.8) is 0 Å². The molecule has 13 atom stereocenters. The highest BCUT2D eigenvalue weighted by molar-refractivity contribution is 6.00. The summed E-state index contributed by atoms with van der Waals surface area (Å²) in [6, 6.07) is 6.31. The first kappa shape index (κ1) is 50.0. The third-order valence-electron chi connectivity index (χ3n) is 13.2. The van der Waals surface area contributed by atoms with Gasteiger partial charge in [-0.25, -0.2) is 4.79 Å².